The molecule has 0 atom stereocenters. The van der Waals surface area contributed by atoms with Gasteiger partial charge in [0.05, 0.1) is 5.69 Å². The standard InChI is InChI=1S/C7H5F2I2N/c1-3-6(11)4(7(8)9)2-5(10)12-3/h2,7H,1H3. The van der Waals surface area contributed by atoms with Crippen LogP contribution < -0.4 is 0 Å². The zero-order valence-electron chi connectivity index (χ0n) is 6.11. The predicted octanol–water partition coefficient (Wildman–Crippen LogP) is 3.54. The quantitative estimate of drug-likeness (QED) is 0.524. The molecule has 0 aliphatic rings. The molecule has 0 fully saturated rings. The van der Waals surface area contributed by atoms with Gasteiger partial charge in [-0.25, -0.2) is 13.8 Å². The van der Waals surface area contributed by atoms with E-state index >= 15 is 0 Å². The van der Waals surface area contributed by atoms with Gasteiger partial charge in [-0.05, 0) is 58.2 Å². The first-order chi connectivity index (χ1) is 5.52. The van der Waals surface area contributed by atoms with E-state index in [0.29, 0.717) is 13.0 Å². The summed E-state index contributed by atoms with van der Waals surface area (Å²) in [4.78, 5) is 4.06. The van der Waals surface area contributed by atoms with Crippen LogP contribution in [0.5, 0.6) is 0 Å². The molecule has 1 nitrogen and oxygen atoms in total. The summed E-state index contributed by atoms with van der Waals surface area (Å²) >= 11 is 3.82. The normalized spacial score (nSPS) is 10.8. The highest BCUT2D eigenvalue weighted by Gasteiger charge is 2.14. The molecule has 0 radical (unpaired) electrons. The van der Waals surface area contributed by atoms with Gasteiger partial charge < -0.3 is 0 Å². The van der Waals surface area contributed by atoms with Gasteiger partial charge in [-0.2, -0.15) is 0 Å². The molecule has 0 aliphatic carbocycles. The van der Waals surface area contributed by atoms with Crippen LogP contribution in [-0.2, 0) is 0 Å². The molecule has 0 amide bonds. The number of hydrogen-bond donors (Lipinski definition) is 0. The SMILES string of the molecule is Cc1nc(I)cc(C(F)F)c1I. The van der Waals surface area contributed by atoms with Gasteiger partial charge in [0.1, 0.15) is 3.70 Å². The molecule has 0 saturated carbocycles. The predicted molar refractivity (Wildman–Crippen MR) is 59.4 cm³/mol. The highest BCUT2D eigenvalue weighted by atomic mass is 127. The molecule has 12 heavy (non-hydrogen) atoms. The van der Waals surface area contributed by atoms with Gasteiger partial charge in [0.15, 0.2) is 0 Å². The second-order valence-electron chi connectivity index (χ2n) is 2.23. The molecular weight excluding hydrogens is 390 g/mol. The molecule has 0 aliphatic heterocycles. The Bertz CT molecular complexity index is 302. The number of halogens is 4. The van der Waals surface area contributed by atoms with Crippen molar-refractivity contribution in [2.45, 2.75) is 13.3 Å². The second kappa shape index (κ2) is 4.12. The Kier molecular flexibility index (Phi) is 3.62. The minimum atomic E-state index is -2.41. The molecule has 0 saturated heterocycles. The topological polar surface area (TPSA) is 12.9 Å². The van der Waals surface area contributed by atoms with Crippen LogP contribution in [-0.4, -0.2) is 4.98 Å². The van der Waals surface area contributed by atoms with E-state index in [-0.39, 0.29) is 5.56 Å². The van der Waals surface area contributed by atoms with Crippen LogP contribution >= 0.6 is 45.2 Å². The molecule has 0 bridgehead atoms. The third kappa shape index (κ3) is 2.24. The lowest BCUT2D eigenvalue weighted by Crippen LogP contribution is -1.97. The van der Waals surface area contributed by atoms with Crippen molar-refractivity contribution in [1.82, 2.24) is 4.98 Å². The molecule has 5 heteroatoms. The van der Waals surface area contributed by atoms with E-state index in [9.17, 15) is 8.78 Å². The van der Waals surface area contributed by atoms with Crippen LogP contribution in [0, 0.1) is 14.2 Å². The molecule has 0 N–H and O–H groups in total. The first kappa shape index (κ1) is 10.6. The van der Waals surface area contributed by atoms with Crippen LogP contribution in [0.2, 0.25) is 0 Å². The fraction of sp³-hybridized carbons (Fsp3) is 0.286. The van der Waals surface area contributed by atoms with Crippen LogP contribution in [0.1, 0.15) is 17.7 Å². The van der Waals surface area contributed by atoms with E-state index in [1.807, 2.05) is 45.2 Å². The largest absolute Gasteiger partial charge is 0.265 e. The highest BCUT2D eigenvalue weighted by molar-refractivity contribution is 14.1. The summed E-state index contributed by atoms with van der Waals surface area (Å²) in [6.45, 7) is 1.73. The van der Waals surface area contributed by atoms with E-state index in [1.54, 1.807) is 6.92 Å². The Morgan fingerprint density at radius 3 is 2.50 bits per heavy atom. The monoisotopic (exact) mass is 395 g/mol. The molecular formula is C7H5F2I2N. The number of alkyl halides is 2. The Morgan fingerprint density at radius 2 is 2.00 bits per heavy atom. The van der Waals surface area contributed by atoms with Crippen LogP contribution in [0.15, 0.2) is 6.07 Å². The lowest BCUT2D eigenvalue weighted by atomic mass is 10.2. The smallest absolute Gasteiger partial charge is 0.246 e. The van der Waals surface area contributed by atoms with E-state index in [0.717, 1.165) is 0 Å². The Labute approximate surface area is 96.2 Å². The Hall–Kier alpha value is 0.470. The summed E-state index contributed by atoms with van der Waals surface area (Å²) in [5.41, 5.74) is 0.741. The fourth-order valence-electron chi connectivity index (χ4n) is 0.801. The molecule has 0 aromatic carbocycles. The number of aromatic nitrogens is 1. The summed E-state index contributed by atoms with van der Waals surface area (Å²) in [6.07, 6.45) is -2.41. The van der Waals surface area contributed by atoms with Gasteiger partial charge in [-0.1, -0.05) is 0 Å². The van der Waals surface area contributed by atoms with Gasteiger partial charge in [-0.3, -0.25) is 0 Å². The van der Waals surface area contributed by atoms with Gasteiger partial charge in [0, 0.05) is 9.13 Å². The fourth-order valence-corrected chi connectivity index (χ4v) is 2.01. The summed E-state index contributed by atoms with van der Waals surface area (Å²) in [6, 6.07) is 1.42. The Morgan fingerprint density at radius 1 is 1.42 bits per heavy atom. The molecule has 0 unspecified atom stereocenters. The molecule has 1 heterocycles. The first-order valence-electron chi connectivity index (χ1n) is 3.13. The van der Waals surface area contributed by atoms with Gasteiger partial charge in [-0.15, -0.1) is 0 Å². The molecule has 1 aromatic heterocycles. The second-order valence-corrected chi connectivity index (χ2v) is 4.42. The average molecular weight is 395 g/mol. The van der Waals surface area contributed by atoms with Crippen LogP contribution in [0.3, 0.4) is 0 Å². The maximum absolute atomic E-state index is 12.4. The van der Waals surface area contributed by atoms with Gasteiger partial charge >= 0.3 is 0 Å². The number of nitrogens with zero attached hydrogens (tertiary/aromatic N) is 1. The first-order valence-corrected chi connectivity index (χ1v) is 5.29. The van der Waals surface area contributed by atoms with Crippen molar-refractivity contribution in [2.24, 2.45) is 0 Å². The molecule has 0 spiro atoms. The highest BCUT2D eigenvalue weighted by Crippen LogP contribution is 2.26. The summed E-state index contributed by atoms with van der Waals surface area (Å²) in [5.74, 6) is 0. The zero-order chi connectivity index (χ0) is 9.30. The van der Waals surface area contributed by atoms with Crippen molar-refractivity contribution in [3.8, 4) is 0 Å². The molecule has 66 valence electrons. The van der Waals surface area contributed by atoms with Crippen molar-refractivity contribution in [3.05, 3.63) is 24.6 Å². The number of hydrogen-bond acceptors (Lipinski definition) is 1. The third-order valence-electron chi connectivity index (χ3n) is 1.36. The van der Waals surface area contributed by atoms with Gasteiger partial charge in [0.25, 0.3) is 6.43 Å². The van der Waals surface area contributed by atoms with Crippen molar-refractivity contribution < 1.29 is 8.78 Å². The Balaban J connectivity index is 3.28. The van der Waals surface area contributed by atoms with Crippen molar-refractivity contribution in [2.75, 3.05) is 0 Å². The summed E-state index contributed by atoms with van der Waals surface area (Å²) in [7, 11) is 0. The maximum Gasteiger partial charge on any atom is 0.265 e. The van der Waals surface area contributed by atoms with Crippen LogP contribution in [0.4, 0.5) is 8.78 Å². The van der Waals surface area contributed by atoms with Crippen molar-refractivity contribution in [1.29, 1.82) is 0 Å². The number of aryl methyl sites for hydroxylation is 1. The minimum Gasteiger partial charge on any atom is -0.246 e. The summed E-state index contributed by atoms with van der Waals surface area (Å²) in [5, 5.41) is 0. The lowest BCUT2D eigenvalue weighted by molar-refractivity contribution is 0.150. The van der Waals surface area contributed by atoms with E-state index in [4.69, 9.17) is 0 Å². The summed E-state index contributed by atoms with van der Waals surface area (Å²) < 4.78 is 25.9. The van der Waals surface area contributed by atoms with Crippen LogP contribution in [0.25, 0.3) is 0 Å². The number of rotatable bonds is 1. The van der Waals surface area contributed by atoms with E-state index in [2.05, 4.69) is 4.98 Å². The van der Waals surface area contributed by atoms with Crippen molar-refractivity contribution in [3.63, 3.8) is 0 Å². The van der Waals surface area contributed by atoms with Crippen molar-refractivity contribution >= 4 is 45.2 Å². The van der Waals surface area contributed by atoms with E-state index in [1.165, 1.54) is 6.07 Å². The maximum atomic E-state index is 12.4. The molecule has 1 aromatic rings. The lowest BCUT2D eigenvalue weighted by Gasteiger charge is -2.05. The van der Waals surface area contributed by atoms with E-state index < -0.39 is 6.43 Å². The minimum absolute atomic E-state index is 0.0764. The molecule has 1 rings (SSSR count). The average Bonchev–Trinajstić information content (AvgIpc) is 1.96. The zero-order valence-corrected chi connectivity index (χ0v) is 10.4. The number of pyridine rings is 1. The third-order valence-corrected chi connectivity index (χ3v) is 3.31. The van der Waals surface area contributed by atoms with Gasteiger partial charge in [0.2, 0.25) is 0 Å².